The van der Waals surface area contributed by atoms with E-state index >= 15 is 0 Å². The van der Waals surface area contributed by atoms with Gasteiger partial charge in [0.25, 0.3) is 0 Å². The Balaban J connectivity index is 1.42. The van der Waals surface area contributed by atoms with Crippen molar-refractivity contribution in [2.75, 3.05) is 19.7 Å². The fourth-order valence-corrected chi connectivity index (χ4v) is 4.65. The van der Waals surface area contributed by atoms with Crippen LogP contribution in [-0.2, 0) is 19.7 Å². The number of carboxylic acids is 1. The Bertz CT molecular complexity index is 710. The first-order valence-electron chi connectivity index (χ1n) is 9.42. The predicted molar refractivity (Wildman–Crippen MR) is 92.1 cm³/mol. The van der Waals surface area contributed by atoms with Crippen LogP contribution >= 0.6 is 0 Å². The van der Waals surface area contributed by atoms with Crippen LogP contribution in [0.25, 0.3) is 0 Å². The van der Waals surface area contributed by atoms with E-state index in [1.165, 1.54) is 6.07 Å². The Morgan fingerprint density at radius 1 is 1.15 bits per heavy atom. The van der Waals surface area contributed by atoms with Gasteiger partial charge in [-0.15, -0.1) is 0 Å². The van der Waals surface area contributed by atoms with Crippen molar-refractivity contribution in [1.29, 1.82) is 0 Å². The zero-order chi connectivity index (χ0) is 18.3. The highest BCUT2D eigenvalue weighted by Gasteiger charge is 2.54. The molecule has 2 atom stereocenters. The summed E-state index contributed by atoms with van der Waals surface area (Å²) in [5, 5.41) is 9.34. The van der Waals surface area contributed by atoms with Crippen LogP contribution in [-0.4, -0.2) is 47.7 Å². The Kier molecular flexibility index (Phi) is 4.47. The third kappa shape index (κ3) is 2.90. The van der Waals surface area contributed by atoms with Crippen molar-refractivity contribution in [2.45, 2.75) is 43.6 Å². The number of piperidine rings is 1. The quantitative estimate of drug-likeness (QED) is 0.895. The lowest BCUT2D eigenvalue weighted by atomic mass is 9.83. The maximum absolute atomic E-state index is 14.2. The minimum absolute atomic E-state index is 0.0168. The van der Waals surface area contributed by atoms with Gasteiger partial charge >= 0.3 is 5.97 Å². The smallest absolute Gasteiger partial charge is 0.309 e. The molecule has 1 N–H and O–H groups in total. The molecule has 0 spiro atoms. The second-order valence-electron chi connectivity index (χ2n) is 7.76. The second-order valence-corrected chi connectivity index (χ2v) is 7.76. The standard InChI is InChI=1S/C20H24FNO4/c21-16-4-2-1-3-15(16)20(8-9-20)19(25)22-10-5-13(6-11-22)17-14(18(23)24)7-12-26-17/h1-4,13-14,17H,5-12H2,(H,23,24)/t14?,17-/m0/s1. The van der Waals surface area contributed by atoms with Crippen molar-refractivity contribution < 1.29 is 23.8 Å². The highest BCUT2D eigenvalue weighted by Crippen LogP contribution is 2.51. The normalized spacial score (nSPS) is 28.1. The van der Waals surface area contributed by atoms with E-state index in [1.54, 1.807) is 18.2 Å². The number of carboxylic acid groups (broad SMARTS) is 1. The van der Waals surface area contributed by atoms with Gasteiger partial charge in [0.1, 0.15) is 5.82 Å². The van der Waals surface area contributed by atoms with E-state index in [9.17, 15) is 19.1 Å². The summed E-state index contributed by atoms with van der Waals surface area (Å²) in [7, 11) is 0. The molecular formula is C20H24FNO4. The maximum Gasteiger partial charge on any atom is 0.309 e. The lowest BCUT2D eigenvalue weighted by Crippen LogP contribution is -2.47. The van der Waals surface area contributed by atoms with Crippen LogP contribution in [0.5, 0.6) is 0 Å². The molecule has 4 rings (SSSR count). The lowest BCUT2D eigenvalue weighted by Gasteiger charge is -2.37. The van der Waals surface area contributed by atoms with Crippen LogP contribution in [0, 0.1) is 17.7 Å². The second kappa shape index (κ2) is 6.65. The van der Waals surface area contributed by atoms with Crippen molar-refractivity contribution in [2.24, 2.45) is 11.8 Å². The largest absolute Gasteiger partial charge is 0.481 e. The number of nitrogens with zero attached hydrogens (tertiary/aromatic N) is 1. The number of hydrogen-bond donors (Lipinski definition) is 1. The van der Waals surface area contributed by atoms with Crippen LogP contribution < -0.4 is 0 Å². The van der Waals surface area contributed by atoms with Crippen molar-refractivity contribution >= 4 is 11.9 Å². The molecule has 0 aromatic heterocycles. The molecule has 0 bridgehead atoms. The Morgan fingerprint density at radius 3 is 2.46 bits per heavy atom. The van der Waals surface area contributed by atoms with Gasteiger partial charge in [0, 0.05) is 25.3 Å². The van der Waals surface area contributed by atoms with E-state index in [1.807, 2.05) is 4.90 Å². The molecule has 2 saturated heterocycles. The monoisotopic (exact) mass is 361 g/mol. The first-order chi connectivity index (χ1) is 12.5. The van der Waals surface area contributed by atoms with Gasteiger partial charge in [0.05, 0.1) is 17.4 Å². The summed E-state index contributed by atoms with van der Waals surface area (Å²) in [6, 6.07) is 6.56. The summed E-state index contributed by atoms with van der Waals surface area (Å²) in [6.07, 6.45) is 3.20. The first-order valence-corrected chi connectivity index (χ1v) is 9.42. The molecule has 1 saturated carbocycles. The third-order valence-corrected chi connectivity index (χ3v) is 6.29. The number of benzene rings is 1. The van der Waals surface area contributed by atoms with Gasteiger partial charge in [-0.05, 0) is 44.1 Å². The van der Waals surface area contributed by atoms with Gasteiger partial charge in [-0.1, -0.05) is 18.2 Å². The lowest BCUT2D eigenvalue weighted by molar-refractivity contribution is -0.146. The molecular weight excluding hydrogens is 337 g/mol. The van der Waals surface area contributed by atoms with Crippen LogP contribution in [0.3, 0.4) is 0 Å². The maximum atomic E-state index is 14.2. The molecule has 1 aliphatic carbocycles. The van der Waals surface area contributed by atoms with E-state index < -0.39 is 17.3 Å². The van der Waals surface area contributed by atoms with E-state index in [4.69, 9.17) is 4.74 Å². The van der Waals surface area contributed by atoms with Crippen LogP contribution in [0.2, 0.25) is 0 Å². The zero-order valence-electron chi connectivity index (χ0n) is 14.7. The first kappa shape index (κ1) is 17.5. The molecule has 2 heterocycles. The molecule has 140 valence electrons. The van der Waals surface area contributed by atoms with Gasteiger partial charge in [0.2, 0.25) is 5.91 Å². The number of ether oxygens (including phenoxy) is 1. The molecule has 3 aliphatic rings. The van der Waals surface area contributed by atoms with E-state index in [2.05, 4.69) is 0 Å². The average Bonchev–Trinajstić information content (AvgIpc) is 3.29. The van der Waals surface area contributed by atoms with Gasteiger partial charge < -0.3 is 14.7 Å². The molecule has 0 radical (unpaired) electrons. The number of likely N-dealkylation sites (tertiary alicyclic amines) is 1. The minimum Gasteiger partial charge on any atom is -0.481 e. The van der Waals surface area contributed by atoms with Crippen LogP contribution in [0.4, 0.5) is 4.39 Å². The molecule has 26 heavy (non-hydrogen) atoms. The van der Waals surface area contributed by atoms with E-state index in [-0.39, 0.29) is 23.7 Å². The van der Waals surface area contributed by atoms with Gasteiger partial charge in [-0.25, -0.2) is 4.39 Å². The molecule has 1 amide bonds. The zero-order valence-corrected chi connectivity index (χ0v) is 14.7. The number of aliphatic carboxylic acids is 1. The summed E-state index contributed by atoms with van der Waals surface area (Å²) in [5.41, 5.74) is -0.178. The highest BCUT2D eigenvalue weighted by molar-refractivity contribution is 5.91. The Hall–Kier alpha value is -1.95. The SMILES string of the molecule is O=C(O)C1CCO[C@H]1C1CCN(C(=O)C2(c3ccccc3F)CC2)CC1. The number of hydrogen-bond acceptors (Lipinski definition) is 3. The molecule has 3 fully saturated rings. The minimum atomic E-state index is -0.789. The van der Waals surface area contributed by atoms with Gasteiger partial charge in [0.15, 0.2) is 0 Å². The van der Waals surface area contributed by atoms with E-state index in [0.29, 0.717) is 44.5 Å². The summed E-state index contributed by atoms with van der Waals surface area (Å²) in [6.45, 7) is 1.68. The van der Waals surface area contributed by atoms with Crippen molar-refractivity contribution in [1.82, 2.24) is 4.90 Å². The molecule has 1 aromatic carbocycles. The number of carbonyl (C=O) groups excluding carboxylic acids is 1. The van der Waals surface area contributed by atoms with Gasteiger partial charge in [-0.2, -0.15) is 0 Å². The summed E-state index contributed by atoms with van der Waals surface area (Å²) < 4.78 is 19.9. The molecule has 1 aromatic rings. The predicted octanol–water partition coefficient (Wildman–Crippen LogP) is 2.59. The number of carbonyl (C=O) groups is 2. The van der Waals surface area contributed by atoms with Crippen molar-refractivity contribution in [3.05, 3.63) is 35.6 Å². The summed E-state index contributed by atoms with van der Waals surface area (Å²) in [4.78, 5) is 26.3. The number of rotatable bonds is 4. The van der Waals surface area contributed by atoms with Crippen LogP contribution in [0.15, 0.2) is 24.3 Å². The highest BCUT2D eigenvalue weighted by atomic mass is 19.1. The third-order valence-electron chi connectivity index (χ3n) is 6.29. The Morgan fingerprint density at radius 2 is 1.85 bits per heavy atom. The molecule has 5 nitrogen and oxygen atoms in total. The summed E-state index contributed by atoms with van der Waals surface area (Å²) in [5.74, 6) is -1.34. The van der Waals surface area contributed by atoms with E-state index in [0.717, 1.165) is 12.8 Å². The van der Waals surface area contributed by atoms with Crippen molar-refractivity contribution in [3.8, 4) is 0 Å². The fraction of sp³-hybridized carbons (Fsp3) is 0.600. The van der Waals surface area contributed by atoms with Crippen molar-refractivity contribution in [3.63, 3.8) is 0 Å². The molecule has 6 heteroatoms. The molecule has 2 aliphatic heterocycles. The Labute approximate surface area is 152 Å². The molecule has 1 unspecified atom stereocenters. The topological polar surface area (TPSA) is 66.8 Å². The average molecular weight is 361 g/mol. The van der Waals surface area contributed by atoms with Crippen LogP contribution in [0.1, 0.15) is 37.7 Å². The number of halogens is 1. The number of amides is 1. The fourth-order valence-electron chi connectivity index (χ4n) is 4.65. The van der Waals surface area contributed by atoms with Gasteiger partial charge in [-0.3, -0.25) is 9.59 Å². The summed E-state index contributed by atoms with van der Waals surface area (Å²) >= 11 is 0.